The largest absolute Gasteiger partial charge is 0.323 e. The van der Waals surface area contributed by atoms with Crippen LogP contribution < -0.4 is 0 Å². The SMILES string of the molecule is C=C(C)/C(=C/c1cnc(CCCC)n1Cc1ccc(C(=C)C)s1)Cc1cccs1. The van der Waals surface area contributed by atoms with Crippen LogP contribution in [-0.2, 0) is 19.4 Å². The average molecular weight is 423 g/mol. The highest BCUT2D eigenvalue weighted by Crippen LogP contribution is 2.26. The molecule has 152 valence electrons. The van der Waals surface area contributed by atoms with Gasteiger partial charge in [-0.1, -0.05) is 38.1 Å². The minimum Gasteiger partial charge on any atom is -0.323 e. The zero-order valence-electron chi connectivity index (χ0n) is 17.7. The maximum Gasteiger partial charge on any atom is 0.109 e. The van der Waals surface area contributed by atoms with Gasteiger partial charge in [-0.15, -0.1) is 22.7 Å². The van der Waals surface area contributed by atoms with Crippen molar-refractivity contribution in [3.63, 3.8) is 0 Å². The lowest BCUT2D eigenvalue weighted by Crippen LogP contribution is -2.07. The molecule has 2 nitrogen and oxygen atoms in total. The van der Waals surface area contributed by atoms with E-state index >= 15 is 0 Å². The third-order valence-corrected chi connectivity index (χ3v) is 7.04. The number of allylic oxidation sites excluding steroid dienone is 3. The van der Waals surface area contributed by atoms with E-state index in [4.69, 9.17) is 4.98 Å². The Hall–Kier alpha value is -2.17. The van der Waals surface area contributed by atoms with Crippen LogP contribution in [0.25, 0.3) is 11.6 Å². The van der Waals surface area contributed by atoms with E-state index in [-0.39, 0.29) is 0 Å². The van der Waals surface area contributed by atoms with E-state index in [9.17, 15) is 0 Å². The van der Waals surface area contributed by atoms with Crippen LogP contribution in [0.5, 0.6) is 0 Å². The minimum absolute atomic E-state index is 0.852. The van der Waals surface area contributed by atoms with Crippen LogP contribution >= 0.6 is 22.7 Å². The number of rotatable bonds is 10. The van der Waals surface area contributed by atoms with Gasteiger partial charge in [0.05, 0.1) is 18.4 Å². The van der Waals surface area contributed by atoms with Gasteiger partial charge in [-0.3, -0.25) is 0 Å². The van der Waals surface area contributed by atoms with Crippen molar-refractivity contribution in [3.05, 3.63) is 86.3 Å². The number of nitrogens with zero attached hydrogens (tertiary/aromatic N) is 2. The van der Waals surface area contributed by atoms with E-state index in [0.29, 0.717) is 0 Å². The molecule has 0 N–H and O–H groups in total. The summed E-state index contributed by atoms with van der Waals surface area (Å²) in [5.41, 5.74) is 4.67. The van der Waals surface area contributed by atoms with E-state index in [1.165, 1.54) is 32.4 Å². The average Bonchev–Trinajstić information content (AvgIpc) is 3.42. The molecule has 29 heavy (non-hydrogen) atoms. The van der Waals surface area contributed by atoms with Gasteiger partial charge in [-0.05, 0) is 61.1 Å². The molecule has 0 bridgehead atoms. The van der Waals surface area contributed by atoms with E-state index in [1.807, 2.05) is 17.5 Å². The van der Waals surface area contributed by atoms with Crippen molar-refractivity contribution in [2.24, 2.45) is 0 Å². The lowest BCUT2D eigenvalue weighted by molar-refractivity contribution is 0.679. The van der Waals surface area contributed by atoms with Crippen molar-refractivity contribution in [2.45, 2.75) is 53.0 Å². The summed E-state index contributed by atoms with van der Waals surface area (Å²) in [7, 11) is 0. The van der Waals surface area contributed by atoms with E-state index in [0.717, 1.165) is 42.6 Å². The molecule has 0 spiro atoms. The van der Waals surface area contributed by atoms with Gasteiger partial charge in [0.25, 0.3) is 0 Å². The van der Waals surface area contributed by atoms with Crippen molar-refractivity contribution < 1.29 is 0 Å². The fourth-order valence-electron chi connectivity index (χ4n) is 3.21. The smallest absolute Gasteiger partial charge is 0.109 e. The van der Waals surface area contributed by atoms with Crippen molar-refractivity contribution in [2.75, 3.05) is 0 Å². The Bertz CT molecular complexity index is 1000. The number of imidazole rings is 1. The predicted octanol–water partition coefficient (Wildman–Crippen LogP) is 7.63. The van der Waals surface area contributed by atoms with Crippen molar-refractivity contribution in [1.82, 2.24) is 9.55 Å². The number of aromatic nitrogens is 2. The van der Waals surface area contributed by atoms with Crippen molar-refractivity contribution >= 4 is 34.3 Å². The molecular formula is C25H30N2S2. The monoisotopic (exact) mass is 422 g/mol. The second-order valence-corrected chi connectivity index (χ2v) is 9.74. The van der Waals surface area contributed by atoms with Gasteiger partial charge in [-0.2, -0.15) is 0 Å². The fourth-order valence-corrected chi connectivity index (χ4v) is 4.86. The predicted molar refractivity (Wildman–Crippen MR) is 130 cm³/mol. The summed E-state index contributed by atoms with van der Waals surface area (Å²) in [5, 5.41) is 2.13. The molecule has 0 aromatic carbocycles. The quantitative estimate of drug-likeness (QED) is 0.307. The molecule has 0 amide bonds. The van der Waals surface area contributed by atoms with Gasteiger partial charge in [0.1, 0.15) is 5.82 Å². The maximum absolute atomic E-state index is 4.78. The summed E-state index contributed by atoms with van der Waals surface area (Å²) in [6, 6.07) is 8.70. The minimum atomic E-state index is 0.852. The molecule has 3 heterocycles. The van der Waals surface area contributed by atoms with Crippen LogP contribution in [0.3, 0.4) is 0 Å². The van der Waals surface area contributed by atoms with E-state index in [1.54, 1.807) is 11.3 Å². The summed E-state index contributed by atoms with van der Waals surface area (Å²) < 4.78 is 2.38. The first kappa shape index (κ1) is 21.5. The molecule has 0 aliphatic rings. The molecule has 0 atom stereocenters. The Labute approximate surface area is 183 Å². The highest BCUT2D eigenvalue weighted by molar-refractivity contribution is 7.13. The van der Waals surface area contributed by atoms with Gasteiger partial charge in [-0.25, -0.2) is 4.98 Å². The maximum atomic E-state index is 4.78. The Morgan fingerprint density at radius 2 is 2.00 bits per heavy atom. The Balaban J connectivity index is 1.94. The van der Waals surface area contributed by atoms with Crippen LogP contribution in [0.4, 0.5) is 0 Å². The summed E-state index contributed by atoms with van der Waals surface area (Å²) in [4.78, 5) is 8.74. The lowest BCUT2D eigenvalue weighted by atomic mass is 10.0. The molecule has 0 aliphatic carbocycles. The molecule has 0 aliphatic heterocycles. The summed E-state index contributed by atoms with van der Waals surface area (Å²) in [6.07, 6.45) is 8.56. The Kier molecular flexibility index (Phi) is 7.45. The highest BCUT2D eigenvalue weighted by Gasteiger charge is 2.12. The van der Waals surface area contributed by atoms with Gasteiger partial charge in [0, 0.05) is 27.5 Å². The topological polar surface area (TPSA) is 17.8 Å². The summed E-state index contributed by atoms with van der Waals surface area (Å²) in [5.74, 6) is 1.17. The summed E-state index contributed by atoms with van der Waals surface area (Å²) >= 11 is 3.62. The lowest BCUT2D eigenvalue weighted by Gasteiger charge is -2.11. The standard InChI is InChI=1S/C25H30N2S2/c1-6-7-10-25-26-16-21(14-20(18(2)3)15-22-9-8-13-28-22)27(25)17-23-11-12-24(29-23)19(4)5/h8-9,11-14,16H,2,4,6-7,10,15,17H2,1,3,5H3/b20-14+. The molecule has 3 rings (SSSR count). The van der Waals surface area contributed by atoms with E-state index in [2.05, 4.69) is 74.2 Å². The molecule has 4 heteroatoms. The van der Waals surface area contributed by atoms with Gasteiger partial charge >= 0.3 is 0 Å². The molecule has 0 fully saturated rings. The first-order valence-electron chi connectivity index (χ1n) is 10.2. The number of unbranched alkanes of at least 4 members (excludes halogenated alkanes) is 1. The van der Waals surface area contributed by atoms with Crippen molar-refractivity contribution in [1.29, 1.82) is 0 Å². The zero-order chi connectivity index (χ0) is 20.8. The Morgan fingerprint density at radius 3 is 2.62 bits per heavy atom. The van der Waals surface area contributed by atoms with Crippen LogP contribution in [-0.4, -0.2) is 9.55 Å². The second kappa shape index (κ2) is 10.0. The molecule has 3 aromatic heterocycles. The number of hydrogen-bond acceptors (Lipinski definition) is 3. The second-order valence-electron chi connectivity index (χ2n) is 7.54. The molecule has 0 unspecified atom stereocenters. The van der Waals surface area contributed by atoms with Crippen LogP contribution in [0.1, 0.15) is 59.8 Å². The highest BCUT2D eigenvalue weighted by atomic mass is 32.1. The van der Waals surface area contributed by atoms with Crippen LogP contribution in [0, 0.1) is 0 Å². The molecule has 0 saturated heterocycles. The number of aryl methyl sites for hydroxylation is 1. The number of hydrogen-bond donors (Lipinski definition) is 0. The van der Waals surface area contributed by atoms with Gasteiger partial charge in [0.15, 0.2) is 0 Å². The van der Waals surface area contributed by atoms with E-state index < -0.39 is 0 Å². The van der Waals surface area contributed by atoms with Crippen LogP contribution in [0.2, 0.25) is 0 Å². The number of thiophene rings is 2. The fraction of sp³-hybridized carbons (Fsp3) is 0.320. The molecule has 3 aromatic rings. The first-order valence-corrected chi connectivity index (χ1v) is 11.8. The van der Waals surface area contributed by atoms with Gasteiger partial charge in [0.2, 0.25) is 0 Å². The third-order valence-electron chi connectivity index (χ3n) is 4.93. The third kappa shape index (κ3) is 5.68. The van der Waals surface area contributed by atoms with Crippen molar-refractivity contribution in [3.8, 4) is 0 Å². The summed E-state index contributed by atoms with van der Waals surface area (Å²) in [6.45, 7) is 15.5. The van der Waals surface area contributed by atoms with Gasteiger partial charge < -0.3 is 4.57 Å². The normalized spacial score (nSPS) is 11.8. The Morgan fingerprint density at radius 1 is 1.17 bits per heavy atom. The first-order chi connectivity index (χ1) is 14.0. The zero-order valence-corrected chi connectivity index (χ0v) is 19.3. The molecular weight excluding hydrogens is 392 g/mol. The van der Waals surface area contributed by atoms with Crippen LogP contribution in [0.15, 0.2) is 60.1 Å². The molecule has 0 saturated carbocycles. The molecule has 0 radical (unpaired) electrons.